The van der Waals surface area contributed by atoms with Crippen LogP contribution in [-0.2, 0) is 20.6 Å². The Morgan fingerprint density at radius 3 is 2.10 bits per heavy atom. The van der Waals surface area contributed by atoms with Crippen LogP contribution in [0.5, 0.6) is 0 Å². The van der Waals surface area contributed by atoms with Crippen LogP contribution >= 0.6 is 0 Å². The number of hydrogen-bond acceptors (Lipinski definition) is 3. The molecule has 0 amide bonds. The van der Waals surface area contributed by atoms with Gasteiger partial charge in [0.1, 0.15) is 0 Å². The zero-order valence-corrected chi connectivity index (χ0v) is 22.8. The first kappa shape index (κ1) is 29.9. The molecule has 2 atom stereocenters. The lowest BCUT2D eigenvalue weighted by atomic mass is 9.88. The molecule has 0 aliphatic carbocycles. The summed E-state index contributed by atoms with van der Waals surface area (Å²) in [4.78, 5) is 0. The first-order chi connectivity index (χ1) is 18.8. The minimum atomic E-state index is -1.53. The highest BCUT2D eigenvalue weighted by Gasteiger charge is 2.36. The molecule has 0 bridgehead atoms. The van der Waals surface area contributed by atoms with E-state index in [4.69, 9.17) is 14.2 Å². The van der Waals surface area contributed by atoms with Crippen molar-refractivity contribution in [3.05, 3.63) is 58.7 Å². The average Bonchev–Trinajstić information content (AvgIpc) is 2.93. The number of aryl methyl sites for hydroxylation is 1. The van der Waals surface area contributed by atoms with Gasteiger partial charge in [0.25, 0.3) is 0 Å². The van der Waals surface area contributed by atoms with Gasteiger partial charge in [0.05, 0.1) is 25.9 Å². The van der Waals surface area contributed by atoms with E-state index in [1.807, 2.05) is 6.92 Å². The van der Waals surface area contributed by atoms with Crippen LogP contribution in [0.3, 0.4) is 0 Å². The molecular formula is C31H39F5O3. The Bertz CT molecular complexity index is 1090. The van der Waals surface area contributed by atoms with Gasteiger partial charge in [0.2, 0.25) is 0 Å². The minimum absolute atomic E-state index is 0.0550. The Kier molecular flexibility index (Phi) is 10.4. The van der Waals surface area contributed by atoms with E-state index in [-0.39, 0.29) is 60.3 Å². The zero-order valence-electron chi connectivity index (χ0n) is 22.8. The molecule has 2 aromatic rings. The third-order valence-electron chi connectivity index (χ3n) is 7.91. The lowest BCUT2D eigenvalue weighted by Crippen LogP contribution is -2.44. The van der Waals surface area contributed by atoms with Crippen molar-refractivity contribution in [2.75, 3.05) is 19.8 Å². The van der Waals surface area contributed by atoms with Crippen molar-refractivity contribution in [3.63, 3.8) is 0 Å². The summed E-state index contributed by atoms with van der Waals surface area (Å²) in [6, 6.07) is 5.37. The standard InChI is InChI=1S/C31H39F5O3/c1-3-5-6-7-22-11-8-21(17-37-22)23-13-14-25(30(35)28(23)33)24-12-9-20(27(32)29(24)34)10-15-26-38-18-31(36,16-4-2)19-39-26/h9,12-14,21-22,26H,3-8,10-11,15-19H2,1-2H3. The van der Waals surface area contributed by atoms with Crippen molar-refractivity contribution < 1.29 is 36.2 Å². The maximum Gasteiger partial charge on any atom is 0.167 e. The Hall–Kier alpha value is -2.03. The Labute approximate surface area is 228 Å². The summed E-state index contributed by atoms with van der Waals surface area (Å²) in [6.07, 6.45) is 6.49. The molecule has 216 valence electrons. The average molecular weight is 555 g/mol. The van der Waals surface area contributed by atoms with Crippen LogP contribution in [0.15, 0.2) is 24.3 Å². The van der Waals surface area contributed by atoms with E-state index in [0.717, 1.165) is 32.1 Å². The summed E-state index contributed by atoms with van der Waals surface area (Å²) in [5, 5.41) is 0. The molecule has 2 aromatic carbocycles. The number of halogens is 5. The van der Waals surface area contributed by atoms with E-state index >= 15 is 13.2 Å². The molecule has 2 unspecified atom stereocenters. The smallest absolute Gasteiger partial charge is 0.167 e. The van der Waals surface area contributed by atoms with E-state index in [2.05, 4.69) is 6.92 Å². The van der Waals surface area contributed by atoms with Crippen LogP contribution in [0.25, 0.3) is 11.1 Å². The fourth-order valence-electron chi connectivity index (χ4n) is 5.59. The van der Waals surface area contributed by atoms with Crippen molar-refractivity contribution >= 4 is 0 Å². The molecule has 39 heavy (non-hydrogen) atoms. The largest absolute Gasteiger partial charge is 0.378 e. The van der Waals surface area contributed by atoms with Gasteiger partial charge in [-0.2, -0.15) is 0 Å². The quantitative estimate of drug-likeness (QED) is 0.206. The van der Waals surface area contributed by atoms with Crippen LogP contribution in [0.4, 0.5) is 22.0 Å². The second-order valence-corrected chi connectivity index (χ2v) is 10.9. The highest BCUT2D eigenvalue weighted by atomic mass is 19.2. The van der Waals surface area contributed by atoms with Crippen molar-refractivity contribution in [3.8, 4) is 11.1 Å². The molecule has 4 rings (SSSR count). The number of alkyl halides is 1. The van der Waals surface area contributed by atoms with Crippen LogP contribution in [-0.4, -0.2) is 37.9 Å². The van der Waals surface area contributed by atoms with Gasteiger partial charge in [0.15, 0.2) is 35.2 Å². The van der Waals surface area contributed by atoms with E-state index in [9.17, 15) is 8.78 Å². The lowest BCUT2D eigenvalue weighted by molar-refractivity contribution is -0.236. The van der Waals surface area contributed by atoms with Crippen LogP contribution in [0, 0.1) is 23.3 Å². The molecule has 2 saturated heterocycles. The molecule has 2 heterocycles. The third kappa shape index (κ3) is 7.19. The molecule has 2 fully saturated rings. The summed E-state index contributed by atoms with van der Waals surface area (Å²) in [5.41, 5.74) is -1.95. The monoisotopic (exact) mass is 554 g/mol. The van der Waals surface area contributed by atoms with Crippen molar-refractivity contribution in [1.82, 2.24) is 0 Å². The maximum atomic E-state index is 15.1. The molecule has 2 aliphatic rings. The highest BCUT2D eigenvalue weighted by molar-refractivity contribution is 5.66. The van der Waals surface area contributed by atoms with Crippen LogP contribution in [0.2, 0.25) is 0 Å². The zero-order chi connectivity index (χ0) is 28.0. The second-order valence-electron chi connectivity index (χ2n) is 10.9. The van der Waals surface area contributed by atoms with Gasteiger partial charge in [-0.3, -0.25) is 0 Å². The minimum Gasteiger partial charge on any atom is -0.378 e. The van der Waals surface area contributed by atoms with E-state index in [1.165, 1.54) is 24.3 Å². The third-order valence-corrected chi connectivity index (χ3v) is 7.91. The Balaban J connectivity index is 1.40. The fourth-order valence-corrected chi connectivity index (χ4v) is 5.59. The first-order valence-electron chi connectivity index (χ1n) is 14.2. The Morgan fingerprint density at radius 1 is 0.769 bits per heavy atom. The summed E-state index contributed by atoms with van der Waals surface area (Å²) >= 11 is 0. The molecule has 0 aromatic heterocycles. The van der Waals surface area contributed by atoms with Crippen molar-refractivity contribution in [2.24, 2.45) is 0 Å². The van der Waals surface area contributed by atoms with Crippen LogP contribution < -0.4 is 0 Å². The SMILES string of the molecule is CCCCCC1CCC(c2ccc(-c3ccc(CCC4OCC(F)(CCC)CO4)c(F)c3F)c(F)c2F)CO1. The van der Waals surface area contributed by atoms with Gasteiger partial charge in [0, 0.05) is 23.5 Å². The first-order valence-corrected chi connectivity index (χ1v) is 14.2. The van der Waals surface area contributed by atoms with Gasteiger partial charge in [-0.1, -0.05) is 63.8 Å². The Morgan fingerprint density at radius 2 is 1.46 bits per heavy atom. The summed E-state index contributed by atoms with van der Waals surface area (Å²) in [6.45, 7) is 4.12. The highest BCUT2D eigenvalue weighted by Crippen LogP contribution is 2.36. The molecular weight excluding hydrogens is 515 g/mol. The van der Waals surface area contributed by atoms with Crippen LogP contribution in [0.1, 0.15) is 88.7 Å². The van der Waals surface area contributed by atoms with E-state index in [1.54, 1.807) is 0 Å². The van der Waals surface area contributed by atoms with Gasteiger partial charge < -0.3 is 14.2 Å². The molecule has 0 spiro atoms. The summed E-state index contributed by atoms with van der Waals surface area (Å²) in [7, 11) is 0. The predicted octanol–water partition coefficient (Wildman–Crippen LogP) is 8.57. The number of unbranched alkanes of at least 4 members (excludes halogenated alkanes) is 2. The normalized spacial score (nSPS) is 25.7. The fraction of sp³-hybridized carbons (Fsp3) is 0.613. The van der Waals surface area contributed by atoms with E-state index < -0.39 is 35.2 Å². The topological polar surface area (TPSA) is 27.7 Å². The molecule has 0 saturated carbocycles. The van der Waals surface area contributed by atoms with Gasteiger partial charge in [-0.05, 0) is 43.2 Å². The summed E-state index contributed by atoms with van der Waals surface area (Å²) in [5.74, 6) is -4.91. The molecule has 0 N–H and O–H groups in total. The van der Waals surface area contributed by atoms with E-state index in [0.29, 0.717) is 25.9 Å². The number of ether oxygens (including phenoxy) is 3. The maximum absolute atomic E-state index is 15.1. The number of rotatable bonds is 11. The van der Waals surface area contributed by atoms with Gasteiger partial charge in [-0.25, -0.2) is 22.0 Å². The molecule has 3 nitrogen and oxygen atoms in total. The molecule has 8 heteroatoms. The van der Waals surface area contributed by atoms with Crippen molar-refractivity contribution in [2.45, 2.75) is 102 Å². The number of benzene rings is 2. The molecule has 2 aliphatic heterocycles. The van der Waals surface area contributed by atoms with Gasteiger partial charge in [-0.15, -0.1) is 0 Å². The lowest BCUT2D eigenvalue weighted by Gasteiger charge is -2.34. The van der Waals surface area contributed by atoms with Crippen molar-refractivity contribution in [1.29, 1.82) is 0 Å². The number of hydrogen-bond donors (Lipinski definition) is 0. The summed E-state index contributed by atoms with van der Waals surface area (Å²) < 4.78 is 91.5. The van der Waals surface area contributed by atoms with Gasteiger partial charge >= 0.3 is 0 Å². The molecule has 0 radical (unpaired) electrons. The second kappa shape index (κ2) is 13.6. The predicted molar refractivity (Wildman–Crippen MR) is 140 cm³/mol.